The molecular formula is C60H64N16O2. The van der Waals surface area contributed by atoms with Crippen LogP contribution in [-0.4, -0.2) is 97.7 Å². The second kappa shape index (κ2) is 21.9. The Kier molecular flexibility index (Phi) is 13.8. The number of rotatable bonds is 6. The highest BCUT2D eigenvalue weighted by atomic mass is 16.5. The third-order valence-electron chi connectivity index (χ3n) is 16.3. The number of aromatic amines is 2. The number of H-pyrrole nitrogens is 2. The van der Waals surface area contributed by atoms with Gasteiger partial charge in [0.05, 0.1) is 25.5 Å². The van der Waals surface area contributed by atoms with Crippen molar-refractivity contribution in [2.24, 2.45) is 11.8 Å². The highest BCUT2D eigenvalue weighted by molar-refractivity contribution is 5.78. The number of nitrogens with two attached hydrogens (primary N) is 2. The maximum Gasteiger partial charge on any atom is 0.203 e. The molecule has 18 heteroatoms. The van der Waals surface area contributed by atoms with E-state index in [1.54, 1.807) is 0 Å². The number of nitrogens with one attached hydrogen (secondary N) is 4. The molecule has 2 saturated carbocycles. The summed E-state index contributed by atoms with van der Waals surface area (Å²) >= 11 is 0. The molecule has 0 unspecified atom stereocenters. The van der Waals surface area contributed by atoms with Gasteiger partial charge in [0, 0.05) is 48.1 Å². The molecule has 4 aliphatic rings. The molecule has 0 radical (unpaired) electrons. The van der Waals surface area contributed by atoms with Gasteiger partial charge >= 0.3 is 0 Å². The monoisotopic (exact) mass is 1040 g/mol. The minimum atomic E-state index is 0.0502. The molecule has 8 atom stereocenters. The van der Waals surface area contributed by atoms with Gasteiger partial charge in [-0.1, -0.05) is 84.9 Å². The molecule has 78 heavy (non-hydrogen) atoms. The normalized spacial score (nSPS) is 23.2. The van der Waals surface area contributed by atoms with Crippen molar-refractivity contribution >= 4 is 34.0 Å². The summed E-state index contributed by atoms with van der Waals surface area (Å²) in [5.41, 5.74) is 24.3. The Balaban J connectivity index is 0.000000148. The van der Waals surface area contributed by atoms with Gasteiger partial charge in [-0.15, -0.1) is 10.2 Å². The van der Waals surface area contributed by atoms with Crippen molar-refractivity contribution < 1.29 is 9.47 Å². The van der Waals surface area contributed by atoms with E-state index in [0.717, 1.165) is 120 Å². The van der Waals surface area contributed by atoms with Crippen molar-refractivity contribution in [1.82, 2.24) is 71.0 Å². The Morgan fingerprint density at radius 2 is 0.974 bits per heavy atom. The van der Waals surface area contributed by atoms with Gasteiger partial charge in [0.15, 0.2) is 0 Å². The van der Waals surface area contributed by atoms with Crippen LogP contribution in [0.4, 0.5) is 11.6 Å². The van der Waals surface area contributed by atoms with Crippen LogP contribution >= 0.6 is 0 Å². The number of hydrogen-bond donors (Lipinski definition) is 6. The lowest BCUT2D eigenvalue weighted by molar-refractivity contribution is 0.157. The van der Waals surface area contributed by atoms with Crippen LogP contribution in [0, 0.1) is 11.8 Å². The van der Waals surface area contributed by atoms with Crippen LogP contribution in [-0.2, 0) is 25.9 Å². The van der Waals surface area contributed by atoms with E-state index in [0.29, 0.717) is 59.9 Å². The van der Waals surface area contributed by atoms with Crippen molar-refractivity contribution in [3.63, 3.8) is 0 Å². The lowest BCUT2D eigenvalue weighted by Crippen LogP contribution is -2.29. The van der Waals surface area contributed by atoms with Crippen molar-refractivity contribution in [1.29, 1.82) is 0 Å². The predicted molar refractivity (Wildman–Crippen MR) is 299 cm³/mol. The molecule has 2 aliphatic carbocycles. The molecule has 12 bridgehead atoms. The van der Waals surface area contributed by atoms with Gasteiger partial charge in [0.2, 0.25) is 11.3 Å². The number of aromatic nitrogens is 12. The molecule has 18 nitrogen and oxygen atoms in total. The van der Waals surface area contributed by atoms with E-state index in [9.17, 15) is 0 Å². The number of benzene rings is 4. The highest BCUT2D eigenvalue weighted by Crippen LogP contribution is 2.38. The summed E-state index contributed by atoms with van der Waals surface area (Å²) in [6.07, 6.45) is 16.4. The first-order chi connectivity index (χ1) is 38.3. The molecule has 0 amide bonds. The van der Waals surface area contributed by atoms with Crippen molar-refractivity contribution in [2.75, 3.05) is 24.6 Å². The quantitative estimate of drug-likeness (QED) is 0.0922. The summed E-state index contributed by atoms with van der Waals surface area (Å²) in [4.78, 5) is 8.71. The van der Waals surface area contributed by atoms with Gasteiger partial charge in [0.25, 0.3) is 0 Å². The minimum absolute atomic E-state index is 0.0502. The van der Waals surface area contributed by atoms with Gasteiger partial charge in [-0.3, -0.25) is 9.36 Å². The lowest BCUT2D eigenvalue weighted by atomic mass is 9.90. The van der Waals surface area contributed by atoms with Gasteiger partial charge in [-0.05, 0) is 145 Å². The van der Waals surface area contributed by atoms with Crippen LogP contribution in [0.2, 0.25) is 0 Å². The Labute approximate surface area is 451 Å². The fraction of sp³-hybridized carbons (Fsp3) is 0.333. The van der Waals surface area contributed by atoms with Gasteiger partial charge in [0.1, 0.15) is 46.4 Å². The third kappa shape index (κ3) is 10.9. The fourth-order valence-corrected chi connectivity index (χ4v) is 12.7. The van der Waals surface area contributed by atoms with Gasteiger partial charge in [-0.2, -0.15) is 30.8 Å². The fourth-order valence-electron chi connectivity index (χ4n) is 12.7. The minimum Gasteiger partial charge on any atom is -0.490 e. The molecule has 2 fully saturated rings. The van der Waals surface area contributed by atoms with E-state index in [1.807, 2.05) is 33.9 Å². The van der Waals surface area contributed by atoms with Gasteiger partial charge in [-0.25, -0.2) is 9.97 Å². The standard InChI is InChI=1S/2C30H32N8O/c2*31-28-15-26(29-30(34-28)36-37-35-29)25-9-10-32-23-13-21(11-19-5-2-1-3-6-19)27(14-23)39-24-8-4-7-20(12-24)17-38-18-22(25)16-33-38/h2*1-8,12,15-16,18,21,23,25,27,32H,9-11,13-14,17H2,(H3,31,34,35,36,37)/t21-,23-,25+,27+;21-,23-,25-,27+/m00/s1. The SMILES string of the molecule is Nc1cc([C@@H]2CCN[C@H]3C[C@H](Cc4ccccc4)[C@@H](C3)Oc3cccc(c3)Cn3cc2cn3)c2n[nH]nc2n1.Nc1cc([C@H]2CCN[C@H]3C[C@H](Cc4ccccc4)[C@@H](C3)Oc3cccc(c3)Cn3cc2cn3)c2n[nH]nc2n1. The smallest absolute Gasteiger partial charge is 0.203 e. The third-order valence-corrected chi connectivity index (χ3v) is 16.3. The summed E-state index contributed by atoms with van der Waals surface area (Å²) in [5, 5.41) is 39.8. The van der Waals surface area contributed by atoms with Crippen LogP contribution in [0.25, 0.3) is 22.3 Å². The average Bonchev–Trinajstić information content (AvgIpc) is 4.38. The molecule has 0 saturated heterocycles. The number of pyridine rings is 2. The largest absolute Gasteiger partial charge is 0.490 e. The van der Waals surface area contributed by atoms with E-state index in [1.165, 1.54) is 11.1 Å². The van der Waals surface area contributed by atoms with E-state index < -0.39 is 0 Å². The summed E-state index contributed by atoms with van der Waals surface area (Å²) in [5.74, 6) is 3.73. The molecule has 14 rings (SSSR count). The van der Waals surface area contributed by atoms with Crippen molar-refractivity contribution in [3.05, 3.63) is 191 Å². The average molecular weight is 1040 g/mol. The van der Waals surface area contributed by atoms with Crippen molar-refractivity contribution in [2.45, 2.75) is 101 Å². The number of hydrogen-bond acceptors (Lipinski definition) is 14. The first kappa shape index (κ1) is 49.1. The topological polar surface area (TPSA) is 239 Å². The molecule has 396 valence electrons. The van der Waals surface area contributed by atoms with Crippen LogP contribution in [0.1, 0.15) is 94.9 Å². The van der Waals surface area contributed by atoms with Crippen molar-refractivity contribution in [3.8, 4) is 11.5 Å². The second-order valence-corrected chi connectivity index (χ2v) is 21.6. The van der Waals surface area contributed by atoms with Gasteiger partial charge < -0.3 is 31.6 Å². The number of nitrogens with zero attached hydrogens (tertiary/aromatic N) is 10. The zero-order valence-corrected chi connectivity index (χ0v) is 43.4. The van der Waals surface area contributed by atoms with Crippen LogP contribution < -0.4 is 31.6 Å². The molecule has 4 aromatic carbocycles. The molecule has 8 heterocycles. The number of anilines is 2. The second-order valence-electron chi connectivity index (χ2n) is 21.6. The lowest BCUT2D eigenvalue weighted by Gasteiger charge is -2.21. The summed E-state index contributed by atoms with van der Waals surface area (Å²) in [6, 6.07) is 43.0. The molecule has 8 N–H and O–H groups in total. The van der Waals surface area contributed by atoms with Crippen LogP contribution in [0.3, 0.4) is 0 Å². The molecular weight excluding hydrogens is 977 g/mol. The molecule has 10 aromatic rings. The maximum atomic E-state index is 6.68. The Bertz CT molecular complexity index is 3390. The number of nitrogen functional groups attached to an aromatic ring is 2. The van der Waals surface area contributed by atoms with Crippen LogP contribution in [0.5, 0.6) is 11.5 Å². The highest BCUT2D eigenvalue weighted by Gasteiger charge is 2.38. The molecule has 0 spiro atoms. The Morgan fingerprint density at radius 1 is 0.513 bits per heavy atom. The number of fused-ring (bicyclic) bond motifs is 14. The van der Waals surface area contributed by atoms with E-state index in [-0.39, 0.29) is 24.0 Å². The predicted octanol–water partition coefficient (Wildman–Crippen LogP) is 8.15. The summed E-state index contributed by atoms with van der Waals surface area (Å²) in [6.45, 7) is 3.03. The van der Waals surface area contributed by atoms with E-state index >= 15 is 0 Å². The van der Waals surface area contributed by atoms with E-state index in [2.05, 4.69) is 173 Å². The first-order valence-corrected chi connectivity index (χ1v) is 27.4. The Hall–Kier alpha value is -8.48. The summed E-state index contributed by atoms with van der Waals surface area (Å²) in [7, 11) is 0. The number of ether oxygens (including phenoxy) is 2. The molecule has 6 aromatic heterocycles. The van der Waals surface area contributed by atoms with E-state index in [4.69, 9.17) is 31.1 Å². The van der Waals surface area contributed by atoms with Crippen LogP contribution in [0.15, 0.2) is 146 Å². The first-order valence-electron chi connectivity index (χ1n) is 27.4. The zero-order valence-electron chi connectivity index (χ0n) is 43.4. The summed E-state index contributed by atoms with van der Waals surface area (Å²) < 4.78 is 17.3. The maximum absolute atomic E-state index is 6.68. The Morgan fingerprint density at radius 3 is 1.44 bits per heavy atom. The molecule has 2 aliphatic heterocycles. The zero-order chi connectivity index (χ0) is 52.4.